The molecular weight excluding hydrogens is 446 g/mol. The van der Waals surface area contributed by atoms with Crippen LogP contribution in [0.1, 0.15) is 23.9 Å². The summed E-state index contributed by atoms with van der Waals surface area (Å²) in [5.74, 6) is 1.41. The fraction of sp³-hybridized carbons (Fsp3) is 0.280. The van der Waals surface area contributed by atoms with Gasteiger partial charge in [-0.25, -0.2) is 9.78 Å². The first-order valence-corrected chi connectivity index (χ1v) is 10.9. The molecule has 7 nitrogen and oxygen atoms in total. The molecular formula is C25H24ClNO6. The van der Waals surface area contributed by atoms with Gasteiger partial charge in [-0.2, -0.15) is 0 Å². The zero-order valence-corrected chi connectivity index (χ0v) is 19.3. The molecule has 0 spiro atoms. The van der Waals surface area contributed by atoms with Gasteiger partial charge in [0.1, 0.15) is 29.4 Å². The van der Waals surface area contributed by atoms with Crippen LogP contribution in [0, 0.1) is 6.92 Å². The van der Waals surface area contributed by atoms with Crippen molar-refractivity contribution in [2.24, 2.45) is 0 Å². The predicted octanol–water partition coefficient (Wildman–Crippen LogP) is 5.75. The van der Waals surface area contributed by atoms with Crippen LogP contribution in [0.15, 0.2) is 57.6 Å². The lowest BCUT2D eigenvalue weighted by atomic mass is 10.0. The summed E-state index contributed by atoms with van der Waals surface area (Å²) in [6.45, 7) is 4.31. The van der Waals surface area contributed by atoms with E-state index in [-0.39, 0.29) is 6.61 Å². The maximum Gasteiger partial charge on any atom is 0.335 e. The van der Waals surface area contributed by atoms with Crippen molar-refractivity contribution in [3.8, 4) is 17.2 Å². The Balaban J connectivity index is 1.52. The Bertz CT molecular complexity index is 1240. The van der Waals surface area contributed by atoms with Gasteiger partial charge < -0.3 is 23.0 Å². The molecule has 1 atom stereocenters. The first-order chi connectivity index (χ1) is 16.0. The first kappa shape index (κ1) is 22.9. The Morgan fingerprint density at radius 3 is 2.67 bits per heavy atom. The highest BCUT2D eigenvalue weighted by Crippen LogP contribution is 2.32. The second-order valence-corrected chi connectivity index (χ2v) is 7.81. The monoisotopic (exact) mass is 469 g/mol. The van der Waals surface area contributed by atoms with Gasteiger partial charge in [-0.15, -0.1) is 0 Å². The number of ether oxygens (including phenoxy) is 3. The highest BCUT2D eigenvalue weighted by atomic mass is 35.5. The third kappa shape index (κ3) is 5.05. The van der Waals surface area contributed by atoms with Crippen LogP contribution in [0.5, 0.6) is 5.75 Å². The number of fused-ring (bicyclic) bond motifs is 1. The van der Waals surface area contributed by atoms with E-state index >= 15 is 0 Å². The average Bonchev–Trinajstić information content (AvgIpc) is 3.45. The van der Waals surface area contributed by atoms with Gasteiger partial charge >= 0.3 is 5.97 Å². The summed E-state index contributed by atoms with van der Waals surface area (Å²) in [4.78, 5) is 16.6. The molecule has 0 saturated carbocycles. The maximum atomic E-state index is 12.0. The second kappa shape index (κ2) is 10.1. The first-order valence-electron chi connectivity index (χ1n) is 10.5. The van der Waals surface area contributed by atoms with Gasteiger partial charge in [-0.3, -0.25) is 0 Å². The molecule has 0 saturated heterocycles. The summed E-state index contributed by atoms with van der Waals surface area (Å²) in [7, 11) is 1.35. The van der Waals surface area contributed by atoms with Crippen LogP contribution < -0.4 is 4.74 Å². The van der Waals surface area contributed by atoms with E-state index < -0.39 is 12.1 Å². The number of esters is 1. The van der Waals surface area contributed by atoms with Crippen molar-refractivity contribution in [2.45, 2.75) is 33.0 Å². The summed E-state index contributed by atoms with van der Waals surface area (Å²) >= 11 is 5.96. The fourth-order valence-corrected chi connectivity index (χ4v) is 3.67. The summed E-state index contributed by atoms with van der Waals surface area (Å²) in [6.07, 6.45) is 1.22. The molecule has 0 bridgehead atoms. The number of halogens is 1. The topological polar surface area (TPSA) is 83.9 Å². The number of hydrogen-bond donors (Lipinski definition) is 0. The van der Waals surface area contributed by atoms with E-state index in [1.165, 1.54) is 7.11 Å². The molecule has 33 heavy (non-hydrogen) atoms. The number of nitrogens with zero attached hydrogens (tertiary/aromatic N) is 1. The normalized spacial score (nSPS) is 12.1. The predicted molar refractivity (Wildman–Crippen MR) is 123 cm³/mol. The van der Waals surface area contributed by atoms with Gasteiger partial charge in [-0.05, 0) is 55.8 Å². The zero-order valence-electron chi connectivity index (χ0n) is 18.6. The SMILES string of the molecule is CCOC(Cc1ccc(OCc2nc(-c3ccc(Cl)cc3)oc2C)c2ccoc12)C(=O)OC. The second-order valence-electron chi connectivity index (χ2n) is 7.37. The highest BCUT2D eigenvalue weighted by Gasteiger charge is 2.23. The lowest BCUT2D eigenvalue weighted by Gasteiger charge is -2.15. The number of carbonyl (C=O) groups excluding carboxylic acids is 1. The van der Waals surface area contributed by atoms with Gasteiger partial charge in [0, 0.05) is 23.6 Å². The molecule has 2 heterocycles. The van der Waals surface area contributed by atoms with Crippen LogP contribution >= 0.6 is 11.6 Å². The molecule has 0 amide bonds. The molecule has 4 aromatic rings. The van der Waals surface area contributed by atoms with E-state index in [2.05, 4.69) is 4.98 Å². The molecule has 8 heteroatoms. The number of benzene rings is 2. The molecule has 1 unspecified atom stereocenters. The summed E-state index contributed by atoms with van der Waals surface area (Å²) in [5, 5.41) is 1.45. The lowest BCUT2D eigenvalue weighted by Crippen LogP contribution is -2.28. The van der Waals surface area contributed by atoms with Crippen molar-refractivity contribution >= 4 is 28.5 Å². The van der Waals surface area contributed by atoms with Crippen LogP contribution in [0.2, 0.25) is 5.02 Å². The minimum atomic E-state index is -0.705. The minimum Gasteiger partial charge on any atom is -0.486 e. The number of hydrogen-bond acceptors (Lipinski definition) is 7. The summed E-state index contributed by atoms with van der Waals surface area (Å²) in [5.41, 5.74) is 3.00. The number of oxazole rings is 1. The Kier molecular flexibility index (Phi) is 7.01. The molecule has 0 aliphatic heterocycles. The molecule has 172 valence electrons. The molecule has 0 N–H and O–H groups in total. The van der Waals surface area contributed by atoms with Gasteiger partial charge in [0.2, 0.25) is 5.89 Å². The molecule has 2 aromatic heterocycles. The third-order valence-electron chi connectivity index (χ3n) is 5.24. The van der Waals surface area contributed by atoms with Crippen molar-refractivity contribution in [3.05, 3.63) is 70.8 Å². The molecule has 0 aliphatic carbocycles. The smallest absolute Gasteiger partial charge is 0.335 e. The van der Waals surface area contributed by atoms with E-state index in [4.69, 9.17) is 34.6 Å². The number of furan rings is 1. The van der Waals surface area contributed by atoms with E-state index in [1.807, 2.05) is 44.2 Å². The van der Waals surface area contributed by atoms with Crippen molar-refractivity contribution in [1.29, 1.82) is 0 Å². The third-order valence-corrected chi connectivity index (χ3v) is 5.50. The standard InChI is InChI=1S/C25H24ClNO6/c1-4-30-22(25(28)29-3)13-17-7-10-21(19-11-12-31-23(17)19)32-14-20-15(2)33-24(27-20)16-5-8-18(26)9-6-16/h5-12,22H,4,13-14H2,1-3H3. The van der Waals surface area contributed by atoms with Crippen molar-refractivity contribution in [1.82, 2.24) is 4.98 Å². The summed E-state index contributed by atoms with van der Waals surface area (Å²) < 4.78 is 28.0. The summed E-state index contributed by atoms with van der Waals surface area (Å²) in [6, 6.07) is 12.8. The molecule has 2 aromatic carbocycles. The number of aryl methyl sites for hydroxylation is 1. The van der Waals surface area contributed by atoms with E-state index in [9.17, 15) is 4.79 Å². The number of aromatic nitrogens is 1. The Morgan fingerprint density at radius 2 is 1.94 bits per heavy atom. The van der Waals surface area contributed by atoms with Crippen LogP contribution in [-0.4, -0.2) is 30.8 Å². The Morgan fingerprint density at radius 1 is 1.15 bits per heavy atom. The Hall–Kier alpha value is -3.29. The number of carbonyl (C=O) groups is 1. The van der Waals surface area contributed by atoms with Crippen LogP contribution in [0.3, 0.4) is 0 Å². The lowest BCUT2D eigenvalue weighted by molar-refractivity contribution is -0.153. The minimum absolute atomic E-state index is 0.228. The van der Waals surface area contributed by atoms with Gasteiger partial charge in [-0.1, -0.05) is 17.7 Å². The quantitative estimate of drug-likeness (QED) is 0.288. The van der Waals surface area contributed by atoms with E-state index in [1.54, 1.807) is 18.4 Å². The van der Waals surface area contributed by atoms with E-state index in [0.29, 0.717) is 46.7 Å². The molecule has 0 aliphatic rings. The van der Waals surface area contributed by atoms with E-state index in [0.717, 1.165) is 16.5 Å². The fourth-order valence-electron chi connectivity index (χ4n) is 3.55. The van der Waals surface area contributed by atoms with Gasteiger partial charge in [0.05, 0.1) is 18.8 Å². The van der Waals surface area contributed by atoms with Crippen molar-refractivity contribution < 1.29 is 27.8 Å². The highest BCUT2D eigenvalue weighted by molar-refractivity contribution is 6.30. The van der Waals surface area contributed by atoms with Crippen molar-refractivity contribution in [3.63, 3.8) is 0 Å². The molecule has 0 fully saturated rings. The maximum absolute atomic E-state index is 12.0. The van der Waals surface area contributed by atoms with Crippen LogP contribution in [0.25, 0.3) is 22.4 Å². The Labute approximate surface area is 196 Å². The number of rotatable bonds is 9. The van der Waals surface area contributed by atoms with Gasteiger partial charge in [0.25, 0.3) is 0 Å². The van der Waals surface area contributed by atoms with Crippen LogP contribution in [0.4, 0.5) is 0 Å². The average molecular weight is 470 g/mol. The largest absolute Gasteiger partial charge is 0.486 e. The zero-order chi connectivity index (χ0) is 23.4. The molecule has 4 rings (SSSR count). The number of methoxy groups -OCH3 is 1. The van der Waals surface area contributed by atoms with Crippen molar-refractivity contribution in [2.75, 3.05) is 13.7 Å². The van der Waals surface area contributed by atoms with Gasteiger partial charge in [0.15, 0.2) is 6.10 Å². The van der Waals surface area contributed by atoms with Crippen LogP contribution in [-0.2, 0) is 27.3 Å². The molecule has 0 radical (unpaired) electrons.